The van der Waals surface area contributed by atoms with Gasteiger partial charge in [-0.3, -0.25) is 0 Å². The van der Waals surface area contributed by atoms with Crippen molar-refractivity contribution in [2.45, 2.75) is 62.8 Å². The molecule has 0 amide bonds. The summed E-state index contributed by atoms with van der Waals surface area (Å²) in [5, 5.41) is 10.3. The largest absolute Gasteiger partial charge is 0.445 e. The summed E-state index contributed by atoms with van der Waals surface area (Å²) in [6, 6.07) is 7.73. The Morgan fingerprint density at radius 2 is 1.70 bits per heavy atom. The van der Waals surface area contributed by atoms with Gasteiger partial charge in [-0.1, -0.05) is 23.5 Å². The van der Waals surface area contributed by atoms with Crippen LogP contribution in [0.3, 0.4) is 0 Å². The summed E-state index contributed by atoms with van der Waals surface area (Å²) in [5.41, 5.74) is 3.73. The fourth-order valence-electron chi connectivity index (χ4n) is 4.95. The van der Waals surface area contributed by atoms with Gasteiger partial charge in [-0.25, -0.2) is 4.68 Å². The molecule has 2 aromatic heterocycles. The van der Waals surface area contributed by atoms with E-state index in [0.29, 0.717) is 29.9 Å². The molecule has 0 radical (unpaired) electrons. The second-order valence-corrected chi connectivity index (χ2v) is 9.95. The summed E-state index contributed by atoms with van der Waals surface area (Å²) in [5.74, 6) is 0. The molecule has 5 rings (SSSR count). The average molecular weight is 541 g/mol. The molecule has 1 aliphatic heterocycles. The highest BCUT2D eigenvalue weighted by Crippen LogP contribution is 2.35. The molecule has 6 unspecified atom stereocenters. The summed E-state index contributed by atoms with van der Waals surface area (Å²) in [6.07, 6.45) is -3.62. The molecular formula is C24H27F3N4O5S. The standard InChI is InChI=1S/C24H27F3N4O5S/c1-12-18(32-2)19(33-3)20(34-4)21(35-12)36-16-10-13-5-6-14(9-15(13)11-16)17-7-8-31(30-17)23-29-28-22(37-23)24(25,26)27/h5-9,12,16,18-21H,10-11H2,1-4H3. The molecule has 6 atom stereocenters. The number of aromatic nitrogens is 4. The Balaban J connectivity index is 1.28. The minimum Gasteiger partial charge on any atom is -0.376 e. The van der Waals surface area contributed by atoms with Crippen LogP contribution in [0.25, 0.3) is 16.4 Å². The van der Waals surface area contributed by atoms with Gasteiger partial charge < -0.3 is 23.7 Å². The van der Waals surface area contributed by atoms with Gasteiger partial charge >= 0.3 is 6.18 Å². The van der Waals surface area contributed by atoms with Crippen LogP contribution in [-0.2, 0) is 42.7 Å². The lowest BCUT2D eigenvalue weighted by Gasteiger charge is -2.44. The highest BCUT2D eigenvalue weighted by Gasteiger charge is 2.47. The average Bonchev–Trinajstić information content (AvgIpc) is 3.61. The van der Waals surface area contributed by atoms with E-state index in [9.17, 15) is 13.2 Å². The maximum absolute atomic E-state index is 12.9. The first-order chi connectivity index (χ1) is 17.7. The molecule has 0 saturated carbocycles. The van der Waals surface area contributed by atoms with Gasteiger partial charge in [0.05, 0.1) is 17.9 Å². The summed E-state index contributed by atoms with van der Waals surface area (Å²) in [6.45, 7) is 1.92. The van der Waals surface area contributed by atoms with Crippen molar-refractivity contribution in [1.82, 2.24) is 20.0 Å². The van der Waals surface area contributed by atoms with Crippen molar-refractivity contribution >= 4 is 11.3 Å². The van der Waals surface area contributed by atoms with E-state index < -0.39 is 23.6 Å². The van der Waals surface area contributed by atoms with Gasteiger partial charge in [0.2, 0.25) is 10.1 Å². The van der Waals surface area contributed by atoms with Crippen LogP contribution in [0, 0.1) is 0 Å². The number of benzene rings is 1. The lowest BCUT2D eigenvalue weighted by molar-refractivity contribution is -0.314. The second kappa shape index (κ2) is 10.4. The highest BCUT2D eigenvalue weighted by atomic mass is 32.1. The molecule has 0 N–H and O–H groups in total. The van der Waals surface area contributed by atoms with Gasteiger partial charge in [0.15, 0.2) is 6.29 Å². The fraction of sp³-hybridized carbons (Fsp3) is 0.542. The third-order valence-corrected chi connectivity index (χ3v) is 7.67. The van der Waals surface area contributed by atoms with Gasteiger partial charge in [0.25, 0.3) is 0 Å². The lowest BCUT2D eigenvalue weighted by Crippen LogP contribution is -2.59. The van der Waals surface area contributed by atoms with Crippen molar-refractivity contribution in [3.05, 3.63) is 46.6 Å². The first-order valence-electron chi connectivity index (χ1n) is 11.7. The highest BCUT2D eigenvalue weighted by molar-refractivity contribution is 7.13. The van der Waals surface area contributed by atoms with Crippen LogP contribution >= 0.6 is 11.3 Å². The minimum atomic E-state index is -4.54. The van der Waals surface area contributed by atoms with Crippen molar-refractivity contribution in [2.75, 3.05) is 21.3 Å². The van der Waals surface area contributed by atoms with E-state index in [4.69, 9.17) is 23.7 Å². The van der Waals surface area contributed by atoms with Gasteiger partial charge in [0.1, 0.15) is 18.3 Å². The Bertz CT molecular complexity index is 1240. The van der Waals surface area contributed by atoms with Crippen molar-refractivity contribution in [2.24, 2.45) is 0 Å². The zero-order valence-corrected chi connectivity index (χ0v) is 21.5. The van der Waals surface area contributed by atoms with Crippen LogP contribution in [0.1, 0.15) is 23.1 Å². The molecule has 0 bridgehead atoms. The number of halogens is 3. The quantitative estimate of drug-likeness (QED) is 0.449. The first kappa shape index (κ1) is 26.2. The molecule has 3 heterocycles. The van der Waals surface area contributed by atoms with Crippen LogP contribution < -0.4 is 0 Å². The molecule has 0 spiro atoms. The number of alkyl halides is 3. The summed E-state index contributed by atoms with van der Waals surface area (Å²) < 4.78 is 69.3. The van der Waals surface area contributed by atoms with E-state index in [1.165, 1.54) is 4.68 Å². The predicted octanol–water partition coefficient (Wildman–Crippen LogP) is 3.68. The Hall–Kier alpha value is -2.42. The third kappa shape index (κ3) is 5.16. The molecule has 37 heavy (non-hydrogen) atoms. The minimum absolute atomic E-state index is 0.0488. The predicted molar refractivity (Wildman–Crippen MR) is 126 cm³/mol. The number of hydrogen-bond donors (Lipinski definition) is 0. The number of methoxy groups -OCH3 is 3. The molecular weight excluding hydrogens is 513 g/mol. The van der Waals surface area contributed by atoms with E-state index in [1.807, 2.05) is 25.1 Å². The van der Waals surface area contributed by atoms with Crippen molar-refractivity contribution < 1.29 is 36.9 Å². The summed E-state index contributed by atoms with van der Waals surface area (Å²) >= 11 is 0.441. The van der Waals surface area contributed by atoms with Gasteiger partial charge in [-0.05, 0) is 43.0 Å². The van der Waals surface area contributed by atoms with Crippen LogP contribution in [0.2, 0.25) is 0 Å². The maximum Gasteiger partial charge on any atom is 0.445 e. The van der Waals surface area contributed by atoms with Gasteiger partial charge in [-0.2, -0.15) is 18.3 Å². The number of nitrogens with zero attached hydrogens (tertiary/aromatic N) is 4. The van der Waals surface area contributed by atoms with E-state index in [-0.39, 0.29) is 29.5 Å². The Kier molecular flexibility index (Phi) is 7.35. The number of fused-ring (bicyclic) bond motifs is 1. The lowest BCUT2D eigenvalue weighted by atomic mass is 9.99. The Morgan fingerprint density at radius 3 is 2.38 bits per heavy atom. The number of hydrogen-bond acceptors (Lipinski definition) is 9. The Morgan fingerprint density at radius 1 is 0.973 bits per heavy atom. The second-order valence-electron chi connectivity index (χ2n) is 8.99. The molecule has 1 fully saturated rings. The first-order valence-corrected chi connectivity index (χ1v) is 12.5. The molecule has 1 aliphatic carbocycles. The van der Waals surface area contributed by atoms with E-state index in [1.54, 1.807) is 33.6 Å². The molecule has 1 aromatic carbocycles. The molecule has 13 heteroatoms. The summed E-state index contributed by atoms with van der Waals surface area (Å²) in [4.78, 5) is 0. The van der Waals surface area contributed by atoms with Gasteiger partial charge in [0, 0.05) is 33.1 Å². The van der Waals surface area contributed by atoms with Crippen LogP contribution in [0.5, 0.6) is 0 Å². The monoisotopic (exact) mass is 540 g/mol. The molecule has 1 saturated heterocycles. The summed E-state index contributed by atoms with van der Waals surface area (Å²) in [7, 11) is 4.83. The molecule has 200 valence electrons. The zero-order chi connectivity index (χ0) is 26.3. The molecule has 3 aromatic rings. The molecule has 9 nitrogen and oxygen atoms in total. The normalized spacial score (nSPS) is 28.0. The van der Waals surface area contributed by atoms with Crippen LogP contribution in [0.4, 0.5) is 13.2 Å². The Labute approximate surface area is 215 Å². The van der Waals surface area contributed by atoms with Crippen LogP contribution in [0.15, 0.2) is 30.5 Å². The maximum atomic E-state index is 12.9. The zero-order valence-electron chi connectivity index (χ0n) is 20.6. The van der Waals surface area contributed by atoms with Crippen molar-refractivity contribution in [3.8, 4) is 16.4 Å². The number of rotatable bonds is 7. The fourth-order valence-corrected chi connectivity index (χ4v) is 5.60. The van der Waals surface area contributed by atoms with Crippen molar-refractivity contribution in [1.29, 1.82) is 0 Å². The topological polar surface area (TPSA) is 89.8 Å². The smallest absolute Gasteiger partial charge is 0.376 e. The third-order valence-electron chi connectivity index (χ3n) is 6.71. The van der Waals surface area contributed by atoms with Crippen LogP contribution in [-0.4, -0.2) is 78.1 Å². The molecule has 2 aliphatic rings. The van der Waals surface area contributed by atoms with E-state index in [2.05, 4.69) is 15.3 Å². The van der Waals surface area contributed by atoms with E-state index in [0.717, 1.165) is 16.7 Å². The van der Waals surface area contributed by atoms with E-state index >= 15 is 0 Å². The SMILES string of the molecule is COC1C(C)OC(OC2Cc3ccc(-c4ccn(-c5nnc(C(F)(F)F)s5)n4)cc3C2)C(OC)C1OC. The number of ether oxygens (including phenoxy) is 5. The van der Waals surface area contributed by atoms with Crippen molar-refractivity contribution in [3.63, 3.8) is 0 Å². The van der Waals surface area contributed by atoms with Gasteiger partial charge in [-0.15, -0.1) is 10.2 Å².